The third-order valence-corrected chi connectivity index (χ3v) is 3.78. The lowest BCUT2D eigenvalue weighted by molar-refractivity contribution is -0.163. The zero-order valence-corrected chi connectivity index (χ0v) is 11.7. The maximum atomic E-state index is 12.3. The Kier molecular flexibility index (Phi) is 5.44. The van der Waals surface area contributed by atoms with Crippen LogP contribution >= 0.6 is 0 Å². The number of rotatable bonds is 5. The molecule has 1 aliphatic rings. The van der Waals surface area contributed by atoms with E-state index in [0.29, 0.717) is 5.92 Å². The monoisotopic (exact) mass is 241 g/mol. The number of ether oxygens (including phenoxy) is 1. The lowest BCUT2D eigenvalue weighted by Gasteiger charge is -2.35. The van der Waals surface area contributed by atoms with E-state index >= 15 is 0 Å². The minimum Gasteiger partial charge on any atom is -0.462 e. The summed E-state index contributed by atoms with van der Waals surface area (Å²) in [5.74, 6) is 0.595. The molecule has 1 fully saturated rings. The molecule has 1 aliphatic heterocycles. The lowest BCUT2D eigenvalue weighted by Crippen LogP contribution is -2.43. The van der Waals surface area contributed by atoms with E-state index in [0.717, 1.165) is 38.8 Å². The molecule has 17 heavy (non-hydrogen) atoms. The average molecular weight is 241 g/mol. The molecular formula is C14H27NO2. The fourth-order valence-corrected chi connectivity index (χ4v) is 2.63. The summed E-state index contributed by atoms with van der Waals surface area (Å²) in [5, 5.41) is 3.31. The van der Waals surface area contributed by atoms with Crippen LogP contribution in [0.25, 0.3) is 0 Å². The molecule has 0 aromatic heterocycles. The highest BCUT2D eigenvalue weighted by molar-refractivity contribution is 5.77. The van der Waals surface area contributed by atoms with Gasteiger partial charge in [-0.05, 0) is 51.6 Å². The smallest absolute Gasteiger partial charge is 0.312 e. The lowest BCUT2D eigenvalue weighted by atomic mass is 9.77. The number of piperidine rings is 1. The van der Waals surface area contributed by atoms with Gasteiger partial charge in [-0.2, -0.15) is 0 Å². The fourth-order valence-electron chi connectivity index (χ4n) is 2.63. The van der Waals surface area contributed by atoms with Gasteiger partial charge in [0.25, 0.3) is 0 Å². The molecule has 1 saturated heterocycles. The molecule has 0 bridgehead atoms. The molecule has 3 heteroatoms. The number of hydrogen-bond donors (Lipinski definition) is 1. The summed E-state index contributed by atoms with van der Waals surface area (Å²) in [5.41, 5.74) is -0.226. The summed E-state index contributed by atoms with van der Waals surface area (Å²) in [6.45, 7) is 10.3. The van der Waals surface area contributed by atoms with Gasteiger partial charge >= 0.3 is 5.97 Å². The number of carbonyl (C=O) groups is 1. The van der Waals surface area contributed by atoms with Gasteiger partial charge < -0.3 is 10.1 Å². The minimum absolute atomic E-state index is 0.0228. The summed E-state index contributed by atoms with van der Waals surface area (Å²) >= 11 is 0. The first-order chi connectivity index (χ1) is 8.00. The first kappa shape index (κ1) is 14.5. The van der Waals surface area contributed by atoms with E-state index in [1.807, 2.05) is 6.92 Å². The van der Waals surface area contributed by atoms with Crippen molar-refractivity contribution >= 4 is 5.97 Å². The number of hydrogen-bond acceptors (Lipinski definition) is 3. The molecule has 0 aromatic carbocycles. The first-order valence-electron chi connectivity index (χ1n) is 6.92. The molecule has 0 aliphatic carbocycles. The Morgan fingerprint density at radius 2 is 1.88 bits per heavy atom. The van der Waals surface area contributed by atoms with Crippen molar-refractivity contribution in [2.75, 3.05) is 13.1 Å². The van der Waals surface area contributed by atoms with Crippen LogP contribution in [0.15, 0.2) is 0 Å². The Morgan fingerprint density at radius 3 is 2.35 bits per heavy atom. The zero-order chi connectivity index (χ0) is 12.9. The van der Waals surface area contributed by atoms with Crippen LogP contribution in [0.5, 0.6) is 0 Å². The predicted octanol–water partition coefficient (Wildman–Crippen LogP) is 2.74. The molecule has 1 unspecified atom stereocenters. The second kappa shape index (κ2) is 6.39. The normalized spacial score (nSPS) is 21.2. The molecule has 0 aromatic rings. The topological polar surface area (TPSA) is 38.3 Å². The Hall–Kier alpha value is -0.570. The van der Waals surface area contributed by atoms with Crippen molar-refractivity contribution in [3.05, 3.63) is 0 Å². The van der Waals surface area contributed by atoms with Crippen molar-refractivity contribution in [2.24, 2.45) is 11.3 Å². The van der Waals surface area contributed by atoms with E-state index in [4.69, 9.17) is 4.74 Å². The number of nitrogens with one attached hydrogen (secondary N) is 1. The second-order valence-corrected chi connectivity index (χ2v) is 5.73. The van der Waals surface area contributed by atoms with Crippen molar-refractivity contribution in [1.29, 1.82) is 0 Å². The van der Waals surface area contributed by atoms with Gasteiger partial charge in [-0.3, -0.25) is 4.79 Å². The maximum absolute atomic E-state index is 12.3. The molecule has 0 radical (unpaired) electrons. The fraction of sp³-hybridized carbons (Fsp3) is 0.929. The van der Waals surface area contributed by atoms with Crippen molar-refractivity contribution in [3.63, 3.8) is 0 Å². The van der Waals surface area contributed by atoms with E-state index in [1.54, 1.807) is 0 Å². The van der Waals surface area contributed by atoms with E-state index in [1.165, 1.54) is 0 Å². The largest absolute Gasteiger partial charge is 0.462 e. The third-order valence-electron chi connectivity index (χ3n) is 3.78. The van der Waals surface area contributed by atoms with Gasteiger partial charge in [-0.1, -0.05) is 20.8 Å². The summed E-state index contributed by atoms with van der Waals surface area (Å²) in [6.07, 6.45) is 3.71. The van der Waals surface area contributed by atoms with E-state index in [9.17, 15) is 4.79 Å². The van der Waals surface area contributed by atoms with Crippen LogP contribution in [0, 0.1) is 11.3 Å². The Labute approximate surface area is 105 Å². The molecular weight excluding hydrogens is 214 g/mol. The molecule has 0 spiro atoms. The van der Waals surface area contributed by atoms with Crippen LogP contribution in [-0.2, 0) is 9.53 Å². The van der Waals surface area contributed by atoms with Crippen molar-refractivity contribution in [2.45, 2.75) is 59.5 Å². The molecule has 100 valence electrons. The molecule has 1 heterocycles. The highest BCUT2D eigenvalue weighted by atomic mass is 16.5. The SMILES string of the molecule is CCC1(C(=O)OC(C)CC(C)C)CCNCC1. The van der Waals surface area contributed by atoms with Crippen LogP contribution in [0.4, 0.5) is 0 Å². The van der Waals surface area contributed by atoms with Crippen molar-refractivity contribution in [1.82, 2.24) is 5.32 Å². The van der Waals surface area contributed by atoms with Crippen LogP contribution in [0.1, 0.15) is 53.4 Å². The van der Waals surface area contributed by atoms with Gasteiger partial charge in [-0.15, -0.1) is 0 Å². The van der Waals surface area contributed by atoms with Crippen LogP contribution in [0.2, 0.25) is 0 Å². The number of esters is 1. The molecule has 1 rings (SSSR count). The molecule has 0 amide bonds. The first-order valence-corrected chi connectivity index (χ1v) is 6.92. The summed E-state index contributed by atoms with van der Waals surface area (Å²) in [7, 11) is 0. The van der Waals surface area contributed by atoms with E-state index in [2.05, 4.69) is 26.1 Å². The maximum Gasteiger partial charge on any atom is 0.312 e. The van der Waals surface area contributed by atoms with Crippen LogP contribution in [-0.4, -0.2) is 25.2 Å². The Morgan fingerprint density at radius 1 is 1.29 bits per heavy atom. The Bertz CT molecular complexity index is 245. The highest BCUT2D eigenvalue weighted by Crippen LogP contribution is 2.34. The third kappa shape index (κ3) is 3.98. The van der Waals surface area contributed by atoms with E-state index < -0.39 is 0 Å². The van der Waals surface area contributed by atoms with Crippen LogP contribution in [0.3, 0.4) is 0 Å². The van der Waals surface area contributed by atoms with Gasteiger partial charge in [0.15, 0.2) is 0 Å². The average Bonchev–Trinajstić information content (AvgIpc) is 2.28. The standard InChI is InChI=1S/C14H27NO2/c1-5-14(6-8-15-9-7-14)13(16)17-12(4)10-11(2)3/h11-12,15H,5-10H2,1-4H3. The molecule has 3 nitrogen and oxygen atoms in total. The minimum atomic E-state index is -0.226. The summed E-state index contributed by atoms with van der Waals surface area (Å²) in [4.78, 5) is 12.3. The van der Waals surface area contributed by atoms with Gasteiger partial charge in [0, 0.05) is 0 Å². The second-order valence-electron chi connectivity index (χ2n) is 5.73. The number of carbonyl (C=O) groups excluding carboxylic acids is 1. The van der Waals surface area contributed by atoms with Gasteiger partial charge in [0.05, 0.1) is 11.5 Å². The highest BCUT2D eigenvalue weighted by Gasteiger charge is 2.39. The quantitative estimate of drug-likeness (QED) is 0.752. The summed E-state index contributed by atoms with van der Waals surface area (Å²) < 4.78 is 5.63. The van der Waals surface area contributed by atoms with Gasteiger partial charge in [0.2, 0.25) is 0 Å². The summed E-state index contributed by atoms with van der Waals surface area (Å²) in [6, 6.07) is 0. The zero-order valence-electron chi connectivity index (χ0n) is 11.7. The van der Waals surface area contributed by atoms with E-state index in [-0.39, 0.29) is 17.5 Å². The van der Waals surface area contributed by atoms with Gasteiger partial charge in [0.1, 0.15) is 0 Å². The molecule has 1 N–H and O–H groups in total. The van der Waals surface area contributed by atoms with Crippen molar-refractivity contribution < 1.29 is 9.53 Å². The predicted molar refractivity (Wildman–Crippen MR) is 69.8 cm³/mol. The molecule has 0 saturated carbocycles. The van der Waals surface area contributed by atoms with Crippen molar-refractivity contribution in [3.8, 4) is 0 Å². The van der Waals surface area contributed by atoms with Crippen LogP contribution < -0.4 is 5.32 Å². The Balaban J connectivity index is 2.54. The van der Waals surface area contributed by atoms with Gasteiger partial charge in [-0.25, -0.2) is 0 Å². The molecule has 1 atom stereocenters.